The van der Waals surface area contributed by atoms with Crippen molar-refractivity contribution >= 4 is 39.4 Å². The Morgan fingerprint density at radius 2 is 1.74 bits per heavy atom. The topological polar surface area (TPSA) is 133 Å². The van der Waals surface area contributed by atoms with E-state index in [0.29, 0.717) is 22.5 Å². The third kappa shape index (κ3) is 6.55. The van der Waals surface area contributed by atoms with Gasteiger partial charge in [0.1, 0.15) is 0 Å². The number of hydrogen-bond acceptors (Lipinski definition) is 5. The molecule has 0 radical (unpaired) electrons. The second-order valence-corrected chi connectivity index (χ2v) is 7.31. The van der Waals surface area contributed by atoms with E-state index in [1.165, 1.54) is 11.8 Å². The van der Waals surface area contributed by atoms with Crippen molar-refractivity contribution in [2.75, 3.05) is 22.9 Å². The summed E-state index contributed by atoms with van der Waals surface area (Å²) in [6.07, 6.45) is 1.31. The molecule has 0 aromatic heterocycles. The van der Waals surface area contributed by atoms with Crippen LogP contribution in [0, 0.1) is 5.41 Å². The first-order chi connectivity index (χ1) is 12.6. The summed E-state index contributed by atoms with van der Waals surface area (Å²) in [5, 5.41) is 8.46. The van der Waals surface area contributed by atoms with E-state index in [4.69, 9.17) is 10.2 Å². The van der Waals surface area contributed by atoms with Gasteiger partial charge in [-0.1, -0.05) is 30.3 Å². The van der Waals surface area contributed by atoms with Gasteiger partial charge in [-0.25, -0.2) is 8.42 Å². The SMILES string of the molecule is CC(=O)N(C)c1ccc(NS(C)(=O)=O)cc1C(=N)c1ccccc1.NC=O. The van der Waals surface area contributed by atoms with Crippen molar-refractivity contribution in [2.45, 2.75) is 6.92 Å². The number of rotatable bonds is 5. The Hall–Kier alpha value is -3.20. The van der Waals surface area contributed by atoms with E-state index in [-0.39, 0.29) is 18.0 Å². The van der Waals surface area contributed by atoms with Crippen LogP contribution in [0.3, 0.4) is 0 Å². The van der Waals surface area contributed by atoms with Gasteiger partial charge in [0.2, 0.25) is 22.3 Å². The van der Waals surface area contributed by atoms with E-state index in [1.807, 2.05) is 18.2 Å². The van der Waals surface area contributed by atoms with Crippen molar-refractivity contribution in [3.05, 3.63) is 59.7 Å². The van der Waals surface area contributed by atoms with E-state index in [2.05, 4.69) is 10.5 Å². The summed E-state index contributed by atoms with van der Waals surface area (Å²) in [7, 11) is -1.82. The lowest BCUT2D eigenvalue weighted by atomic mass is 9.99. The van der Waals surface area contributed by atoms with Crippen LogP contribution in [-0.4, -0.2) is 39.8 Å². The Morgan fingerprint density at radius 1 is 1.19 bits per heavy atom. The van der Waals surface area contributed by atoms with E-state index in [1.54, 1.807) is 37.4 Å². The Bertz CT molecular complexity index is 928. The minimum atomic E-state index is -3.43. The van der Waals surface area contributed by atoms with Crippen molar-refractivity contribution < 1.29 is 18.0 Å². The fourth-order valence-electron chi connectivity index (χ4n) is 2.24. The summed E-state index contributed by atoms with van der Waals surface area (Å²) in [6.45, 7) is 1.43. The molecule has 0 aliphatic rings. The summed E-state index contributed by atoms with van der Waals surface area (Å²) in [5.74, 6) is -0.180. The minimum Gasteiger partial charge on any atom is -0.372 e. The number of nitrogens with one attached hydrogen (secondary N) is 2. The Morgan fingerprint density at radius 3 is 2.22 bits per heavy atom. The molecule has 0 saturated carbocycles. The van der Waals surface area contributed by atoms with E-state index < -0.39 is 10.0 Å². The molecule has 0 saturated heterocycles. The first-order valence-corrected chi connectivity index (χ1v) is 9.65. The van der Waals surface area contributed by atoms with Gasteiger partial charge in [0.25, 0.3) is 0 Å². The highest BCUT2D eigenvalue weighted by Gasteiger charge is 2.17. The predicted octanol–water partition coefficient (Wildman–Crippen LogP) is 1.56. The summed E-state index contributed by atoms with van der Waals surface area (Å²) in [5.41, 5.74) is 6.39. The molecular formula is C18H22N4O4S. The highest BCUT2D eigenvalue weighted by molar-refractivity contribution is 7.92. The maximum Gasteiger partial charge on any atom is 0.229 e. The molecule has 0 heterocycles. The molecule has 0 unspecified atom stereocenters. The molecule has 0 fully saturated rings. The molecule has 2 aromatic rings. The smallest absolute Gasteiger partial charge is 0.229 e. The van der Waals surface area contributed by atoms with E-state index in [9.17, 15) is 13.2 Å². The van der Waals surface area contributed by atoms with Gasteiger partial charge < -0.3 is 10.6 Å². The second-order valence-electron chi connectivity index (χ2n) is 5.56. The molecule has 4 N–H and O–H groups in total. The van der Waals surface area contributed by atoms with Gasteiger partial charge in [-0.2, -0.15) is 0 Å². The standard InChI is InChI=1S/C17H19N3O3S.CH3NO/c1-12(21)20(2)16-10-9-14(19-24(3,22)23)11-15(16)17(18)13-7-5-4-6-8-13;2-1-3/h4-11,18-19H,1-3H3;1H,(H2,2,3). The number of nitrogens with zero attached hydrogens (tertiary/aromatic N) is 1. The number of carbonyl (C=O) groups excluding carboxylic acids is 2. The van der Waals surface area contributed by atoms with Crippen molar-refractivity contribution in [3.8, 4) is 0 Å². The average Bonchev–Trinajstić information content (AvgIpc) is 2.60. The largest absolute Gasteiger partial charge is 0.372 e. The van der Waals surface area contributed by atoms with Crippen molar-refractivity contribution in [1.82, 2.24) is 0 Å². The average molecular weight is 390 g/mol. The quantitative estimate of drug-likeness (QED) is 0.527. The molecule has 0 spiro atoms. The monoisotopic (exact) mass is 390 g/mol. The fourth-order valence-corrected chi connectivity index (χ4v) is 2.79. The zero-order valence-corrected chi connectivity index (χ0v) is 16.1. The number of hydrogen-bond donors (Lipinski definition) is 3. The normalized spacial score (nSPS) is 10.2. The predicted molar refractivity (Wildman–Crippen MR) is 107 cm³/mol. The molecule has 0 atom stereocenters. The summed E-state index contributed by atoms with van der Waals surface area (Å²) >= 11 is 0. The number of amides is 2. The van der Waals surface area contributed by atoms with Crippen LogP contribution in [0.25, 0.3) is 0 Å². The third-order valence-corrected chi connectivity index (χ3v) is 4.07. The van der Waals surface area contributed by atoms with Gasteiger partial charge in [0, 0.05) is 30.8 Å². The van der Waals surface area contributed by atoms with E-state index in [0.717, 1.165) is 6.26 Å². The molecule has 27 heavy (non-hydrogen) atoms. The van der Waals surface area contributed by atoms with Crippen molar-refractivity contribution in [1.29, 1.82) is 5.41 Å². The zero-order valence-electron chi connectivity index (χ0n) is 15.3. The molecule has 2 aromatic carbocycles. The number of anilines is 2. The lowest BCUT2D eigenvalue weighted by Crippen LogP contribution is -2.25. The number of primary amides is 1. The maximum atomic E-state index is 11.7. The molecule has 0 aliphatic heterocycles. The van der Waals surface area contributed by atoms with Crippen LogP contribution in [0.15, 0.2) is 48.5 Å². The molecule has 0 aliphatic carbocycles. The highest BCUT2D eigenvalue weighted by atomic mass is 32.2. The first-order valence-electron chi connectivity index (χ1n) is 7.76. The first kappa shape index (κ1) is 21.8. The van der Waals surface area contributed by atoms with Crippen molar-refractivity contribution in [2.24, 2.45) is 5.73 Å². The van der Waals surface area contributed by atoms with Gasteiger partial charge in [-0.05, 0) is 18.2 Å². The van der Waals surface area contributed by atoms with Crippen molar-refractivity contribution in [3.63, 3.8) is 0 Å². The third-order valence-electron chi connectivity index (χ3n) is 3.47. The van der Waals surface area contributed by atoms with Crippen LogP contribution >= 0.6 is 0 Å². The molecule has 144 valence electrons. The lowest BCUT2D eigenvalue weighted by molar-refractivity contribution is -0.116. The highest BCUT2D eigenvalue weighted by Crippen LogP contribution is 2.26. The van der Waals surface area contributed by atoms with Crippen LogP contribution < -0.4 is 15.4 Å². The van der Waals surface area contributed by atoms with Crippen LogP contribution in [-0.2, 0) is 19.6 Å². The molecule has 0 bridgehead atoms. The van der Waals surface area contributed by atoms with E-state index >= 15 is 0 Å². The molecule has 2 rings (SSSR count). The van der Waals surface area contributed by atoms with Gasteiger partial charge in [0.15, 0.2) is 0 Å². The van der Waals surface area contributed by atoms with Crippen LogP contribution in [0.2, 0.25) is 0 Å². The number of carbonyl (C=O) groups is 2. The Kier molecular flexibility index (Phi) is 7.67. The van der Waals surface area contributed by atoms with Gasteiger partial charge in [-0.15, -0.1) is 0 Å². The van der Waals surface area contributed by atoms with Gasteiger partial charge in [0.05, 0.1) is 17.7 Å². The molecule has 8 nitrogen and oxygen atoms in total. The molecular weight excluding hydrogens is 368 g/mol. The second kappa shape index (κ2) is 9.48. The molecule has 2 amide bonds. The minimum absolute atomic E-state index is 0.180. The Balaban J connectivity index is 0.00000114. The fraction of sp³-hybridized carbons (Fsp3) is 0.167. The Labute approximate surface area is 158 Å². The summed E-state index contributed by atoms with van der Waals surface area (Å²) < 4.78 is 25.3. The van der Waals surface area contributed by atoms with Crippen LogP contribution in [0.4, 0.5) is 11.4 Å². The maximum absolute atomic E-state index is 11.7. The zero-order chi connectivity index (χ0) is 20.6. The number of benzene rings is 2. The summed E-state index contributed by atoms with van der Waals surface area (Å²) in [4.78, 5) is 21.7. The number of sulfonamides is 1. The van der Waals surface area contributed by atoms with Gasteiger partial charge >= 0.3 is 0 Å². The van der Waals surface area contributed by atoms with Gasteiger partial charge in [-0.3, -0.25) is 19.7 Å². The number of nitrogens with two attached hydrogens (primary N) is 1. The van der Waals surface area contributed by atoms with Crippen LogP contribution in [0.5, 0.6) is 0 Å². The van der Waals surface area contributed by atoms with Crippen LogP contribution in [0.1, 0.15) is 18.1 Å². The molecule has 9 heteroatoms. The lowest BCUT2D eigenvalue weighted by Gasteiger charge is -2.21. The summed E-state index contributed by atoms with van der Waals surface area (Å²) in [6, 6.07) is 13.8.